The zero-order chi connectivity index (χ0) is 15.8. The number of rotatable bonds is 6. The second-order valence-corrected chi connectivity index (χ2v) is 4.41. The number of hydrogen-bond donors (Lipinski definition) is 1. The number of hydrogen-bond acceptors (Lipinski definition) is 5. The van der Waals surface area contributed by atoms with Crippen molar-refractivity contribution >= 4 is 17.6 Å². The summed E-state index contributed by atoms with van der Waals surface area (Å²) in [6.07, 6.45) is 2.28. The summed E-state index contributed by atoms with van der Waals surface area (Å²) < 4.78 is 10.0. The lowest BCUT2D eigenvalue weighted by Crippen LogP contribution is -2.11. The summed E-state index contributed by atoms with van der Waals surface area (Å²) in [6, 6.07) is 11.5. The molecule has 2 rings (SSSR count). The number of carbonyl (C=O) groups is 2. The molecule has 0 spiro atoms. The Bertz CT molecular complexity index is 669. The van der Waals surface area contributed by atoms with Gasteiger partial charge in [-0.3, -0.25) is 4.79 Å². The van der Waals surface area contributed by atoms with E-state index in [1.165, 1.54) is 6.26 Å². The van der Waals surface area contributed by atoms with Crippen molar-refractivity contribution in [1.82, 2.24) is 0 Å². The maximum Gasteiger partial charge on any atom is 0.338 e. The number of nitrogens with zero attached hydrogens (tertiary/aromatic N) is 1. The lowest BCUT2D eigenvalue weighted by Gasteiger charge is -2.06. The smallest absolute Gasteiger partial charge is 0.338 e. The Morgan fingerprint density at radius 3 is 2.64 bits per heavy atom. The SMILES string of the molecule is N#CCCCOC(=O)c1ccc(NC(=O)c2ccco2)cc1. The molecule has 1 N–H and O–H groups in total. The first-order valence-electron chi connectivity index (χ1n) is 6.69. The average molecular weight is 298 g/mol. The van der Waals surface area contributed by atoms with E-state index in [0.29, 0.717) is 24.1 Å². The van der Waals surface area contributed by atoms with Crippen molar-refractivity contribution in [2.24, 2.45) is 0 Å². The average Bonchev–Trinajstić information content (AvgIpc) is 3.06. The van der Waals surface area contributed by atoms with E-state index in [1.807, 2.05) is 6.07 Å². The van der Waals surface area contributed by atoms with Gasteiger partial charge in [0.15, 0.2) is 5.76 Å². The molecule has 0 aliphatic carbocycles. The normalized spacial score (nSPS) is 9.77. The Kier molecular flexibility index (Phi) is 5.32. The van der Waals surface area contributed by atoms with E-state index in [-0.39, 0.29) is 18.3 Å². The van der Waals surface area contributed by atoms with Crippen molar-refractivity contribution in [3.8, 4) is 6.07 Å². The van der Waals surface area contributed by atoms with Crippen LogP contribution in [0.25, 0.3) is 0 Å². The highest BCUT2D eigenvalue weighted by atomic mass is 16.5. The highest BCUT2D eigenvalue weighted by Crippen LogP contribution is 2.12. The molecule has 112 valence electrons. The predicted octanol–water partition coefficient (Wildman–Crippen LogP) is 2.99. The molecule has 0 aliphatic rings. The highest BCUT2D eigenvalue weighted by Gasteiger charge is 2.10. The minimum Gasteiger partial charge on any atom is -0.462 e. The molecule has 22 heavy (non-hydrogen) atoms. The standard InChI is InChI=1S/C16H14N2O4/c17-9-1-2-10-22-16(20)12-5-7-13(8-6-12)18-15(19)14-4-3-11-21-14/h3-8,11H,1-2,10H2,(H,18,19). The Hall–Kier alpha value is -3.07. The van der Waals surface area contributed by atoms with Crippen LogP contribution in [0.3, 0.4) is 0 Å². The van der Waals surface area contributed by atoms with Crippen LogP contribution in [0.4, 0.5) is 5.69 Å². The number of nitrogens with one attached hydrogen (secondary N) is 1. The molecule has 2 aromatic rings. The molecular formula is C16H14N2O4. The fourth-order valence-electron chi connectivity index (χ4n) is 1.69. The van der Waals surface area contributed by atoms with Gasteiger partial charge in [0.05, 0.1) is 24.5 Å². The third-order valence-corrected chi connectivity index (χ3v) is 2.79. The van der Waals surface area contributed by atoms with E-state index in [9.17, 15) is 9.59 Å². The Labute approximate surface area is 127 Å². The van der Waals surface area contributed by atoms with Gasteiger partial charge >= 0.3 is 5.97 Å². The Morgan fingerprint density at radius 1 is 1.23 bits per heavy atom. The van der Waals surface area contributed by atoms with E-state index >= 15 is 0 Å². The summed E-state index contributed by atoms with van der Waals surface area (Å²) in [4.78, 5) is 23.5. The Balaban J connectivity index is 1.88. The van der Waals surface area contributed by atoms with Gasteiger partial charge in [-0.1, -0.05) is 0 Å². The summed E-state index contributed by atoms with van der Waals surface area (Å²) in [5.74, 6) is -0.611. The first-order valence-corrected chi connectivity index (χ1v) is 6.69. The van der Waals surface area contributed by atoms with Crippen LogP contribution in [-0.4, -0.2) is 18.5 Å². The molecule has 0 fully saturated rings. The molecule has 0 saturated heterocycles. The maximum atomic E-state index is 11.8. The van der Waals surface area contributed by atoms with Crippen molar-refractivity contribution in [3.05, 3.63) is 54.0 Å². The molecule has 6 heteroatoms. The van der Waals surface area contributed by atoms with E-state index in [1.54, 1.807) is 36.4 Å². The van der Waals surface area contributed by atoms with Crippen molar-refractivity contribution in [1.29, 1.82) is 5.26 Å². The number of anilines is 1. The van der Waals surface area contributed by atoms with E-state index in [4.69, 9.17) is 14.4 Å². The van der Waals surface area contributed by atoms with Crippen LogP contribution in [0.5, 0.6) is 0 Å². The number of nitriles is 1. The molecule has 0 bridgehead atoms. The summed E-state index contributed by atoms with van der Waals surface area (Å²) in [5.41, 5.74) is 0.926. The number of esters is 1. The summed E-state index contributed by atoms with van der Waals surface area (Å²) in [6.45, 7) is 0.212. The summed E-state index contributed by atoms with van der Waals surface area (Å²) >= 11 is 0. The largest absolute Gasteiger partial charge is 0.462 e. The molecule has 1 heterocycles. The lowest BCUT2D eigenvalue weighted by molar-refractivity contribution is 0.0501. The molecule has 6 nitrogen and oxygen atoms in total. The first-order chi connectivity index (χ1) is 10.7. The van der Waals surface area contributed by atoms with Crippen LogP contribution in [0.2, 0.25) is 0 Å². The molecule has 1 amide bonds. The molecule has 0 radical (unpaired) electrons. The van der Waals surface area contributed by atoms with Crippen LogP contribution < -0.4 is 5.32 Å². The van der Waals surface area contributed by atoms with Gasteiger partial charge in [0.2, 0.25) is 0 Å². The quantitative estimate of drug-likeness (QED) is 0.653. The first kappa shape index (κ1) is 15.3. The molecule has 0 atom stereocenters. The summed E-state index contributed by atoms with van der Waals surface area (Å²) in [5, 5.41) is 11.0. The highest BCUT2D eigenvalue weighted by molar-refractivity contribution is 6.02. The maximum absolute atomic E-state index is 11.8. The van der Waals surface area contributed by atoms with Crippen LogP contribution in [-0.2, 0) is 4.74 Å². The van der Waals surface area contributed by atoms with Crippen molar-refractivity contribution in [2.45, 2.75) is 12.8 Å². The third-order valence-electron chi connectivity index (χ3n) is 2.79. The molecule has 0 aliphatic heterocycles. The minimum atomic E-state index is -0.457. The van der Waals surface area contributed by atoms with E-state index in [0.717, 1.165) is 0 Å². The fraction of sp³-hybridized carbons (Fsp3) is 0.188. The molecule has 0 unspecified atom stereocenters. The van der Waals surface area contributed by atoms with Gasteiger partial charge in [-0.05, 0) is 42.8 Å². The topological polar surface area (TPSA) is 92.3 Å². The second-order valence-electron chi connectivity index (χ2n) is 4.41. The number of ether oxygens (including phenoxy) is 1. The zero-order valence-electron chi connectivity index (χ0n) is 11.7. The molecule has 1 aromatic carbocycles. The van der Waals surface area contributed by atoms with E-state index in [2.05, 4.69) is 5.32 Å². The third kappa shape index (κ3) is 4.21. The summed E-state index contributed by atoms with van der Waals surface area (Å²) in [7, 11) is 0. The van der Waals surface area contributed by atoms with Gasteiger partial charge in [0.1, 0.15) is 0 Å². The number of furan rings is 1. The second kappa shape index (κ2) is 7.64. The van der Waals surface area contributed by atoms with Crippen LogP contribution in [0, 0.1) is 11.3 Å². The van der Waals surface area contributed by atoms with Gasteiger partial charge < -0.3 is 14.5 Å². The van der Waals surface area contributed by atoms with Gasteiger partial charge in [0, 0.05) is 12.1 Å². The van der Waals surface area contributed by atoms with Gasteiger partial charge in [0.25, 0.3) is 5.91 Å². The minimum absolute atomic E-state index is 0.209. The molecule has 1 aromatic heterocycles. The molecule has 0 saturated carbocycles. The monoisotopic (exact) mass is 298 g/mol. The number of unbranched alkanes of at least 4 members (excludes halogenated alkanes) is 1. The van der Waals surface area contributed by atoms with Crippen LogP contribution >= 0.6 is 0 Å². The van der Waals surface area contributed by atoms with E-state index < -0.39 is 5.97 Å². The van der Waals surface area contributed by atoms with Crippen molar-refractivity contribution in [2.75, 3.05) is 11.9 Å². The fourth-order valence-corrected chi connectivity index (χ4v) is 1.69. The van der Waals surface area contributed by atoms with Gasteiger partial charge in [-0.25, -0.2) is 4.79 Å². The van der Waals surface area contributed by atoms with Crippen LogP contribution in [0.1, 0.15) is 33.8 Å². The molecular weight excluding hydrogens is 284 g/mol. The number of carbonyl (C=O) groups excluding carboxylic acids is 2. The Morgan fingerprint density at radius 2 is 2.00 bits per heavy atom. The lowest BCUT2D eigenvalue weighted by atomic mass is 10.2. The predicted molar refractivity (Wildman–Crippen MR) is 78.2 cm³/mol. The number of benzene rings is 1. The van der Waals surface area contributed by atoms with Gasteiger partial charge in [-0.15, -0.1) is 0 Å². The van der Waals surface area contributed by atoms with Crippen LogP contribution in [0.15, 0.2) is 47.1 Å². The van der Waals surface area contributed by atoms with Crippen molar-refractivity contribution in [3.63, 3.8) is 0 Å². The zero-order valence-corrected chi connectivity index (χ0v) is 11.7. The van der Waals surface area contributed by atoms with Crippen molar-refractivity contribution < 1.29 is 18.7 Å². The van der Waals surface area contributed by atoms with Gasteiger partial charge in [-0.2, -0.15) is 5.26 Å². The number of amides is 1.